The fourth-order valence-corrected chi connectivity index (χ4v) is 2.53. The molecule has 11 heavy (non-hydrogen) atoms. The molecule has 1 fully saturated rings. The van der Waals surface area contributed by atoms with Crippen LogP contribution in [0, 0.1) is 5.92 Å². The molecule has 0 aliphatic carbocycles. The first-order valence-electron chi connectivity index (χ1n) is 4.25. The van der Waals surface area contributed by atoms with Crippen LogP contribution >= 0.6 is 11.8 Å². The van der Waals surface area contributed by atoms with Crippen molar-refractivity contribution in [3.8, 4) is 0 Å². The smallest absolute Gasteiger partial charge is 0.0636 e. The van der Waals surface area contributed by atoms with Crippen LogP contribution in [0.3, 0.4) is 0 Å². The van der Waals surface area contributed by atoms with E-state index in [1.165, 1.54) is 17.9 Å². The predicted octanol–water partition coefficient (Wildman–Crippen LogP) is 0.710. The van der Waals surface area contributed by atoms with E-state index in [1.807, 2.05) is 18.7 Å². The Labute approximate surface area is 72.8 Å². The minimum Gasteiger partial charge on any atom is -0.392 e. The van der Waals surface area contributed by atoms with Crippen LogP contribution in [-0.4, -0.2) is 35.8 Å². The standard InChI is InChI=1S/C8H17NOS/c1-7(10)4-9-5-8-2-3-11-6-8/h7-10H,2-6H2,1H3/t7-,8?/m0/s1. The van der Waals surface area contributed by atoms with Crippen LogP contribution in [0.25, 0.3) is 0 Å². The maximum atomic E-state index is 8.96. The lowest BCUT2D eigenvalue weighted by molar-refractivity contribution is 0.189. The Morgan fingerprint density at radius 2 is 2.55 bits per heavy atom. The molecule has 1 rings (SSSR count). The molecule has 0 saturated carbocycles. The molecule has 0 radical (unpaired) electrons. The van der Waals surface area contributed by atoms with E-state index in [2.05, 4.69) is 5.32 Å². The molecule has 1 unspecified atom stereocenters. The van der Waals surface area contributed by atoms with Gasteiger partial charge >= 0.3 is 0 Å². The van der Waals surface area contributed by atoms with Gasteiger partial charge in [0.05, 0.1) is 6.10 Å². The minimum absolute atomic E-state index is 0.205. The van der Waals surface area contributed by atoms with Crippen molar-refractivity contribution in [1.29, 1.82) is 0 Å². The summed E-state index contributed by atoms with van der Waals surface area (Å²) in [6.45, 7) is 3.63. The summed E-state index contributed by atoms with van der Waals surface area (Å²) >= 11 is 2.04. The second-order valence-corrected chi connectivity index (χ2v) is 4.39. The zero-order valence-electron chi connectivity index (χ0n) is 7.05. The third-order valence-electron chi connectivity index (χ3n) is 1.90. The Hall–Kier alpha value is 0.270. The second kappa shape index (κ2) is 5.01. The molecule has 66 valence electrons. The predicted molar refractivity (Wildman–Crippen MR) is 50.0 cm³/mol. The molecule has 2 nitrogen and oxygen atoms in total. The molecule has 0 amide bonds. The van der Waals surface area contributed by atoms with Gasteiger partial charge in [-0.1, -0.05) is 0 Å². The van der Waals surface area contributed by atoms with Gasteiger partial charge in [-0.2, -0.15) is 11.8 Å². The Morgan fingerprint density at radius 1 is 1.73 bits per heavy atom. The number of aliphatic hydroxyl groups excluding tert-OH is 1. The van der Waals surface area contributed by atoms with Crippen LogP contribution in [0.15, 0.2) is 0 Å². The SMILES string of the molecule is C[C@H](O)CNCC1CCSC1. The molecular formula is C8H17NOS. The van der Waals surface area contributed by atoms with Crippen molar-refractivity contribution < 1.29 is 5.11 Å². The van der Waals surface area contributed by atoms with Gasteiger partial charge in [0.25, 0.3) is 0 Å². The molecule has 1 heterocycles. The Morgan fingerprint density at radius 3 is 3.09 bits per heavy atom. The van der Waals surface area contributed by atoms with Crippen molar-refractivity contribution in [3.05, 3.63) is 0 Å². The van der Waals surface area contributed by atoms with Crippen molar-refractivity contribution in [2.24, 2.45) is 5.92 Å². The zero-order chi connectivity index (χ0) is 8.10. The van der Waals surface area contributed by atoms with Gasteiger partial charge in [-0.25, -0.2) is 0 Å². The van der Waals surface area contributed by atoms with Crippen molar-refractivity contribution in [3.63, 3.8) is 0 Å². The van der Waals surface area contributed by atoms with Gasteiger partial charge in [-0.3, -0.25) is 0 Å². The van der Waals surface area contributed by atoms with E-state index in [4.69, 9.17) is 5.11 Å². The van der Waals surface area contributed by atoms with Crippen LogP contribution in [0.1, 0.15) is 13.3 Å². The number of aliphatic hydroxyl groups is 1. The lowest BCUT2D eigenvalue weighted by atomic mass is 10.1. The van der Waals surface area contributed by atoms with Crippen molar-refractivity contribution >= 4 is 11.8 Å². The molecule has 0 bridgehead atoms. The van der Waals surface area contributed by atoms with Crippen molar-refractivity contribution in [1.82, 2.24) is 5.32 Å². The largest absolute Gasteiger partial charge is 0.392 e. The van der Waals surface area contributed by atoms with Crippen molar-refractivity contribution in [2.45, 2.75) is 19.4 Å². The molecule has 1 aliphatic heterocycles. The zero-order valence-corrected chi connectivity index (χ0v) is 7.86. The van der Waals surface area contributed by atoms with E-state index in [1.54, 1.807) is 0 Å². The average Bonchev–Trinajstić information content (AvgIpc) is 2.39. The molecule has 2 atom stereocenters. The number of rotatable bonds is 4. The van der Waals surface area contributed by atoms with Crippen LogP contribution < -0.4 is 5.32 Å². The second-order valence-electron chi connectivity index (χ2n) is 3.24. The highest BCUT2D eigenvalue weighted by Crippen LogP contribution is 2.22. The van der Waals surface area contributed by atoms with Gasteiger partial charge in [0.2, 0.25) is 0 Å². The topological polar surface area (TPSA) is 32.3 Å². The number of nitrogens with one attached hydrogen (secondary N) is 1. The summed E-state index contributed by atoms with van der Waals surface area (Å²) in [5, 5.41) is 12.2. The molecule has 0 aromatic heterocycles. The van der Waals surface area contributed by atoms with Crippen LogP contribution in [-0.2, 0) is 0 Å². The van der Waals surface area contributed by atoms with Gasteiger partial charge in [0.15, 0.2) is 0 Å². The molecule has 0 spiro atoms. The van der Waals surface area contributed by atoms with Crippen LogP contribution in [0.2, 0.25) is 0 Å². The van der Waals surface area contributed by atoms with Gasteiger partial charge in [-0.05, 0) is 37.3 Å². The highest BCUT2D eigenvalue weighted by Gasteiger charge is 2.14. The van der Waals surface area contributed by atoms with E-state index < -0.39 is 0 Å². The van der Waals surface area contributed by atoms with E-state index in [-0.39, 0.29) is 6.10 Å². The van der Waals surface area contributed by atoms with E-state index in [0.717, 1.165) is 19.0 Å². The highest BCUT2D eigenvalue weighted by molar-refractivity contribution is 7.99. The third kappa shape index (κ3) is 3.99. The monoisotopic (exact) mass is 175 g/mol. The summed E-state index contributed by atoms with van der Waals surface area (Å²) in [6.07, 6.45) is 1.14. The normalized spacial score (nSPS) is 27.3. The molecule has 1 saturated heterocycles. The maximum Gasteiger partial charge on any atom is 0.0636 e. The molecule has 0 aromatic rings. The Bertz CT molecular complexity index is 102. The van der Waals surface area contributed by atoms with Gasteiger partial charge in [0.1, 0.15) is 0 Å². The van der Waals surface area contributed by atoms with Gasteiger partial charge in [-0.15, -0.1) is 0 Å². The van der Waals surface area contributed by atoms with Gasteiger partial charge in [0, 0.05) is 6.54 Å². The van der Waals surface area contributed by atoms with Crippen LogP contribution in [0.5, 0.6) is 0 Å². The first-order valence-corrected chi connectivity index (χ1v) is 5.41. The Kier molecular flexibility index (Phi) is 4.26. The first kappa shape index (κ1) is 9.36. The average molecular weight is 175 g/mol. The molecule has 3 heteroatoms. The quantitative estimate of drug-likeness (QED) is 0.660. The molecule has 2 N–H and O–H groups in total. The number of hydrogen-bond donors (Lipinski definition) is 2. The lowest BCUT2D eigenvalue weighted by Crippen LogP contribution is -2.29. The van der Waals surface area contributed by atoms with Crippen LogP contribution in [0.4, 0.5) is 0 Å². The summed E-state index contributed by atoms with van der Waals surface area (Å²) in [6, 6.07) is 0. The summed E-state index contributed by atoms with van der Waals surface area (Å²) in [7, 11) is 0. The summed E-state index contributed by atoms with van der Waals surface area (Å²) in [4.78, 5) is 0. The fraction of sp³-hybridized carbons (Fsp3) is 1.00. The van der Waals surface area contributed by atoms with E-state index in [0.29, 0.717) is 0 Å². The molecule has 0 aromatic carbocycles. The van der Waals surface area contributed by atoms with E-state index in [9.17, 15) is 0 Å². The Balaban J connectivity index is 1.94. The summed E-state index contributed by atoms with van der Waals surface area (Å²) in [5.41, 5.74) is 0. The molecule has 1 aliphatic rings. The number of hydrogen-bond acceptors (Lipinski definition) is 3. The fourth-order valence-electron chi connectivity index (χ4n) is 1.24. The van der Waals surface area contributed by atoms with Crippen molar-refractivity contribution in [2.75, 3.05) is 24.6 Å². The van der Waals surface area contributed by atoms with E-state index >= 15 is 0 Å². The summed E-state index contributed by atoms with van der Waals surface area (Å²) in [5.74, 6) is 3.46. The highest BCUT2D eigenvalue weighted by atomic mass is 32.2. The number of thioether (sulfide) groups is 1. The maximum absolute atomic E-state index is 8.96. The lowest BCUT2D eigenvalue weighted by Gasteiger charge is -2.10. The third-order valence-corrected chi connectivity index (χ3v) is 3.13. The first-order chi connectivity index (χ1) is 5.29. The molecular weight excluding hydrogens is 158 g/mol. The minimum atomic E-state index is -0.205. The summed E-state index contributed by atoms with van der Waals surface area (Å²) < 4.78 is 0. The van der Waals surface area contributed by atoms with Gasteiger partial charge < -0.3 is 10.4 Å².